The molecule has 0 radical (unpaired) electrons. The van der Waals surface area contributed by atoms with Gasteiger partial charge in [0.25, 0.3) is 11.2 Å². The van der Waals surface area contributed by atoms with Gasteiger partial charge in [-0.05, 0) is 66.1 Å². The summed E-state index contributed by atoms with van der Waals surface area (Å²) in [5, 5.41) is 10.9. The summed E-state index contributed by atoms with van der Waals surface area (Å²) >= 11 is 1.22. The van der Waals surface area contributed by atoms with Gasteiger partial charge in [-0.1, -0.05) is 59.9 Å². The third kappa shape index (κ3) is 6.85. The van der Waals surface area contributed by atoms with Crippen LogP contribution >= 0.6 is 11.3 Å². The molecule has 1 aliphatic heterocycles. The lowest BCUT2D eigenvalue weighted by molar-refractivity contribution is -0.384. The van der Waals surface area contributed by atoms with Crippen LogP contribution in [0.15, 0.2) is 112 Å². The number of nitrogens with zero attached hydrogens (tertiary/aromatic N) is 3. The van der Waals surface area contributed by atoms with Crippen molar-refractivity contribution in [3.8, 4) is 17.2 Å². The van der Waals surface area contributed by atoms with Gasteiger partial charge in [0.05, 0.1) is 47.6 Å². The Bertz CT molecular complexity index is 2220. The van der Waals surface area contributed by atoms with E-state index in [2.05, 4.69) is 0 Å². The van der Waals surface area contributed by atoms with E-state index >= 15 is 0 Å². The molecule has 0 fully saturated rings. The molecule has 2 heterocycles. The number of aromatic nitrogens is 1. The Labute approximate surface area is 284 Å². The minimum atomic E-state index is -0.873. The van der Waals surface area contributed by atoms with Crippen LogP contribution in [0.25, 0.3) is 11.8 Å². The Morgan fingerprint density at radius 2 is 1.67 bits per heavy atom. The van der Waals surface area contributed by atoms with Crippen LogP contribution < -0.4 is 29.1 Å². The lowest BCUT2D eigenvalue weighted by Crippen LogP contribution is -2.40. The Balaban J connectivity index is 1.42. The quantitative estimate of drug-likeness (QED) is 0.103. The molecular weight excluding hydrogens is 646 g/mol. The first-order chi connectivity index (χ1) is 23.8. The first kappa shape index (κ1) is 32.9. The van der Waals surface area contributed by atoms with Crippen molar-refractivity contribution in [3.05, 3.63) is 155 Å². The number of thiazole rings is 1. The number of ether oxygens (including phenoxy) is 4. The fraction of sp³-hybridized carbons (Fsp3) is 0.162. The van der Waals surface area contributed by atoms with E-state index in [-0.39, 0.29) is 30.0 Å². The van der Waals surface area contributed by atoms with E-state index in [1.165, 1.54) is 42.3 Å². The molecule has 11 nitrogen and oxygen atoms in total. The van der Waals surface area contributed by atoms with Crippen LogP contribution in [0.5, 0.6) is 17.2 Å². The maximum Gasteiger partial charge on any atom is 0.338 e. The number of nitro benzene ring substituents is 1. The highest BCUT2D eigenvalue weighted by Gasteiger charge is 2.35. The number of benzene rings is 4. The number of carbonyl (C=O) groups is 1. The Morgan fingerprint density at radius 3 is 2.33 bits per heavy atom. The smallest absolute Gasteiger partial charge is 0.338 e. The molecule has 0 saturated carbocycles. The van der Waals surface area contributed by atoms with Gasteiger partial charge in [0.15, 0.2) is 16.3 Å². The topological polar surface area (TPSA) is 131 Å². The highest BCUT2D eigenvalue weighted by molar-refractivity contribution is 7.07. The van der Waals surface area contributed by atoms with Gasteiger partial charge in [-0.15, -0.1) is 0 Å². The van der Waals surface area contributed by atoms with Gasteiger partial charge in [0.1, 0.15) is 12.4 Å². The standard InChI is InChI=1S/C37H31N3O8S/c1-4-47-36(42)32-33(25-8-6-5-7-9-25)38-37-39(34(32)26-14-19-29(45-2)30(21-26)46-3)35(41)31(49-37)20-23-12-17-28(18-13-23)48-22-24-10-15-27(16-11-24)40(43)44/h5-21,34H,4,22H2,1-3H3/b31-20-/t34-/m1/s1. The van der Waals surface area contributed by atoms with Gasteiger partial charge in [-0.25, -0.2) is 9.79 Å². The number of rotatable bonds is 11. The maximum absolute atomic E-state index is 14.2. The average Bonchev–Trinajstić information content (AvgIpc) is 3.44. The molecule has 6 rings (SSSR count). The second-order valence-corrected chi connectivity index (χ2v) is 11.8. The Hall–Kier alpha value is -6.01. The largest absolute Gasteiger partial charge is 0.493 e. The SMILES string of the molecule is CCOC(=O)C1=C(c2ccccc2)N=c2s/c(=C\c3ccc(OCc4ccc([N+](=O)[O-])cc4)cc3)c(=O)n2[C@@H]1c1ccc(OC)c(OC)c1. The number of hydrogen-bond donors (Lipinski definition) is 0. The second-order valence-electron chi connectivity index (χ2n) is 10.8. The summed E-state index contributed by atoms with van der Waals surface area (Å²) in [7, 11) is 3.06. The van der Waals surface area contributed by atoms with Gasteiger partial charge in [-0.3, -0.25) is 19.5 Å². The zero-order valence-corrected chi connectivity index (χ0v) is 27.6. The monoisotopic (exact) mass is 677 g/mol. The maximum atomic E-state index is 14.2. The van der Waals surface area contributed by atoms with Crippen molar-refractivity contribution in [1.82, 2.24) is 4.57 Å². The predicted molar refractivity (Wildman–Crippen MR) is 184 cm³/mol. The molecule has 1 atom stereocenters. The fourth-order valence-electron chi connectivity index (χ4n) is 5.47. The van der Waals surface area contributed by atoms with Crippen molar-refractivity contribution in [2.75, 3.05) is 20.8 Å². The summed E-state index contributed by atoms with van der Waals surface area (Å²) in [6, 6.07) is 27.1. The number of methoxy groups -OCH3 is 2. The van der Waals surface area contributed by atoms with Gasteiger partial charge in [0.2, 0.25) is 0 Å². The number of carbonyl (C=O) groups excluding carboxylic acids is 1. The van der Waals surface area contributed by atoms with Crippen molar-refractivity contribution < 1.29 is 28.7 Å². The van der Waals surface area contributed by atoms with Crippen molar-refractivity contribution in [3.63, 3.8) is 0 Å². The third-order valence-electron chi connectivity index (χ3n) is 7.83. The highest BCUT2D eigenvalue weighted by Crippen LogP contribution is 2.38. The minimum absolute atomic E-state index is 0.0156. The molecule has 0 saturated heterocycles. The van der Waals surface area contributed by atoms with Crippen LogP contribution in [0.2, 0.25) is 0 Å². The van der Waals surface area contributed by atoms with E-state index in [0.29, 0.717) is 43.4 Å². The highest BCUT2D eigenvalue weighted by atomic mass is 32.1. The van der Waals surface area contributed by atoms with Gasteiger partial charge < -0.3 is 18.9 Å². The number of nitro groups is 1. The van der Waals surface area contributed by atoms with Crippen LogP contribution in [-0.4, -0.2) is 36.3 Å². The average molecular weight is 678 g/mol. The molecule has 248 valence electrons. The lowest BCUT2D eigenvalue weighted by Gasteiger charge is -2.26. The van der Waals surface area contributed by atoms with Crippen molar-refractivity contribution >= 4 is 34.8 Å². The normalized spacial score (nSPS) is 14.1. The third-order valence-corrected chi connectivity index (χ3v) is 8.81. The summed E-state index contributed by atoms with van der Waals surface area (Å²) in [5.41, 5.74) is 3.21. The van der Waals surface area contributed by atoms with E-state index in [1.807, 2.05) is 42.5 Å². The fourth-order valence-corrected chi connectivity index (χ4v) is 6.47. The molecule has 1 aromatic heterocycles. The van der Waals surface area contributed by atoms with Gasteiger partial charge in [0, 0.05) is 17.7 Å². The number of esters is 1. The molecule has 0 N–H and O–H groups in total. The van der Waals surface area contributed by atoms with E-state index in [1.54, 1.807) is 55.5 Å². The molecule has 4 aromatic carbocycles. The summed E-state index contributed by atoms with van der Waals surface area (Å²) < 4.78 is 24.4. The first-order valence-corrected chi connectivity index (χ1v) is 16.1. The second kappa shape index (κ2) is 14.4. The number of fused-ring (bicyclic) bond motifs is 1. The Kier molecular flexibility index (Phi) is 9.67. The van der Waals surface area contributed by atoms with Crippen LogP contribution in [0, 0.1) is 10.1 Å². The molecule has 0 amide bonds. The molecule has 5 aromatic rings. The molecule has 49 heavy (non-hydrogen) atoms. The van der Waals surface area contributed by atoms with Crippen LogP contribution in [0.4, 0.5) is 5.69 Å². The summed E-state index contributed by atoms with van der Waals surface area (Å²) in [4.78, 5) is 43.7. The van der Waals surface area contributed by atoms with E-state index in [0.717, 1.165) is 11.1 Å². The summed E-state index contributed by atoms with van der Waals surface area (Å²) in [5.74, 6) is 0.962. The van der Waals surface area contributed by atoms with E-state index in [4.69, 9.17) is 23.9 Å². The lowest BCUT2D eigenvalue weighted by atomic mass is 9.93. The van der Waals surface area contributed by atoms with E-state index < -0.39 is 16.9 Å². The summed E-state index contributed by atoms with van der Waals surface area (Å²) in [6.07, 6.45) is 1.77. The van der Waals surface area contributed by atoms with Crippen LogP contribution in [-0.2, 0) is 16.1 Å². The molecule has 1 aliphatic rings. The first-order valence-electron chi connectivity index (χ1n) is 15.3. The molecule has 0 spiro atoms. The number of hydrogen-bond acceptors (Lipinski definition) is 10. The molecule has 12 heteroatoms. The molecule has 0 bridgehead atoms. The minimum Gasteiger partial charge on any atom is -0.493 e. The van der Waals surface area contributed by atoms with Crippen LogP contribution in [0.3, 0.4) is 0 Å². The molecular formula is C37H31N3O8S. The van der Waals surface area contributed by atoms with Crippen LogP contribution in [0.1, 0.15) is 35.2 Å². The van der Waals surface area contributed by atoms with Crippen molar-refractivity contribution in [1.29, 1.82) is 0 Å². The molecule has 0 unspecified atom stereocenters. The van der Waals surface area contributed by atoms with Gasteiger partial charge in [-0.2, -0.15) is 0 Å². The van der Waals surface area contributed by atoms with Gasteiger partial charge >= 0.3 is 5.97 Å². The predicted octanol–water partition coefficient (Wildman–Crippen LogP) is 5.44. The summed E-state index contributed by atoms with van der Waals surface area (Å²) in [6.45, 7) is 2.10. The Morgan fingerprint density at radius 1 is 0.959 bits per heavy atom. The zero-order valence-electron chi connectivity index (χ0n) is 26.8. The number of non-ortho nitro benzene ring substituents is 1. The van der Waals surface area contributed by atoms with Crippen molar-refractivity contribution in [2.45, 2.75) is 19.6 Å². The van der Waals surface area contributed by atoms with Crippen molar-refractivity contribution in [2.24, 2.45) is 4.99 Å². The molecule has 0 aliphatic carbocycles. The van der Waals surface area contributed by atoms with E-state index in [9.17, 15) is 19.7 Å². The zero-order chi connectivity index (χ0) is 34.5.